The summed E-state index contributed by atoms with van der Waals surface area (Å²) in [6.07, 6.45) is 9.08. The molecular weight excluding hydrogens is 186 g/mol. The van der Waals surface area contributed by atoms with E-state index in [-0.39, 0.29) is 0 Å². The average molecular weight is 207 g/mol. The Hall–Kier alpha value is -0.830. The van der Waals surface area contributed by atoms with E-state index in [9.17, 15) is 0 Å². The van der Waals surface area contributed by atoms with Crippen LogP contribution in [0.5, 0.6) is 0 Å². The van der Waals surface area contributed by atoms with Crippen molar-refractivity contribution in [2.24, 2.45) is 0 Å². The lowest BCUT2D eigenvalue weighted by molar-refractivity contribution is 0.467. The van der Waals surface area contributed by atoms with Crippen LogP contribution >= 0.6 is 0 Å². The van der Waals surface area contributed by atoms with E-state index in [4.69, 9.17) is 0 Å². The first-order valence-corrected chi connectivity index (χ1v) is 6.10. The van der Waals surface area contributed by atoms with Gasteiger partial charge in [-0.15, -0.1) is 0 Å². The number of rotatable bonds is 6. The molecule has 0 radical (unpaired) electrons. The van der Waals surface area contributed by atoms with Gasteiger partial charge in [-0.05, 0) is 25.7 Å². The Labute approximate surface area is 91.9 Å². The third-order valence-corrected chi connectivity index (χ3v) is 3.22. The lowest BCUT2D eigenvalue weighted by atomic mass is 10.2. The van der Waals surface area contributed by atoms with E-state index in [1.165, 1.54) is 31.5 Å². The van der Waals surface area contributed by atoms with E-state index >= 15 is 0 Å². The summed E-state index contributed by atoms with van der Waals surface area (Å²) in [4.78, 5) is 4.42. The van der Waals surface area contributed by atoms with E-state index in [1.54, 1.807) is 0 Å². The second-order valence-corrected chi connectivity index (χ2v) is 4.38. The molecule has 0 unspecified atom stereocenters. The van der Waals surface area contributed by atoms with Crippen LogP contribution in [-0.4, -0.2) is 15.6 Å². The fraction of sp³-hybridized carbons (Fsp3) is 0.750. The van der Waals surface area contributed by atoms with Gasteiger partial charge in [0.15, 0.2) is 0 Å². The van der Waals surface area contributed by atoms with Gasteiger partial charge in [0.05, 0.1) is 6.54 Å². The van der Waals surface area contributed by atoms with Gasteiger partial charge in [0.25, 0.3) is 0 Å². The van der Waals surface area contributed by atoms with Crippen LogP contribution in [0.3, 0.4) is 0 Å². The molecule has 0 saturated heterocycles. The minimum atomic E-state index is 0.634. The Balaban J connectivity index is 1.89. The highest BCUT2D eigenvalue weighted by Gasteiger charge is 2.25. The van der Waals surface area contributed by atoms with Crippen LogP contribution in [0.4, 0.5) is 0 Å². The van der Waals surface area contributed by atoms with Crippen LogP contribution in [0.2, 0.25) is 0 Å². The maximum atomic E-state index is 4.42. The molecule has 15 heavy (non-hydrogen) atoms. The number of nitrogens with zero attached hydrogens (tertiary/aromatic N) is 2. The Bertz CT molecular complexity index is 298. The maximum absolute atomic E-state index is 4.42. The number of nitrogens with one attached hydrogen (secondary N) is 1. The molecule has 0 amide bonds. The third kappa shape index (κ3) is 2.59. The summed E-state index contributed by atoms with van der Waals surface area (Å²) in [7, 11) is 0. The van der Waals surface area contributed by atoms with Crippen molar-refractivity contribution in [2.45, 2.75) is 58.2 Å². The summed E-state index contributed by atoms with van der Waals surface area (Å²) in [6.45, 7) is 5.37. The normalized spacial score (nSPS) is 16.2. The van der Waals surface area contributed by atoms with Gasteiger partial charge in [0, 0.05) is 24.5 Å². The van der Waals surface area contributed by atoms with Crippen LogP contribution in [-0.2, 0) is 6.54 Å². The van der Waals surface area contributed by atoms with Crippen molar-refractivity contribution in [3.05, 3.63) is 18.2 Å². The highest BCUT2D eigenvalue weighted by Crippen LogP contribution is 2.35. The van der Waals surface area contributed by atoms with Crippen molar-refractivity contribution in [3.8, 4) is 0 Å². The van der Waals surface area contributed by atoms with Gasteiger partial charge in [0.1, 0.15) is 5.82 Å². The van der Waals surface area contributed by atoms with Gasteiger partial charge in [-0.3, -0.25) is 0 Å². The SMILES string of the molecule is CCC(CC)NCc1nccn1C1CC1. The van der Waals surface area contributed by atoms with Gasteiger partial charge in [-0.2, -0.15) is 0 Å². The number of aromatic nitrogens is 2. The van der Waals surface area contributed by atoms with Crippen molar-refractivity contribution in [1.82, 2.24) is 14.9 Å². The van der Waals surface area contributed by atoms with Gasteiger partial charge >= 0.3 is 0 Å². The van der Waals surface area contributed by atoms with Crippen molar-refractivity contribution in [1.29, 1.82) is 0 Å². The van der Waals surface area contributed by atoms with Gasteiger partial charge in [-0.1, -0.05) is 13.8 Å². The smallest absolute Gasteiger partial charge is 0.122 e. The predicted molar refractivity (Wildman–Crippen MR) is 61.7 cm³/mol. The van der Waals surface area contributed by atoms with Crippen molar-refractivity contribution in [3.63, 3.8) is 0 Å². The molecule has 0 bridgehead atoms. The monoisotopic (exact) mass is 207 g/mol. The molecule has 1 fully saturated rings. The molecule has 0 spiro atoms. The Morgan fingerprint density at radius 2 is 2.20 bits per heavy atom. The van der Waals surface area contributed by atoms with Crippen molar-refractivity contribution in [2.75, 3.05) is 0 Å². The predicted octanol–water partition coefficient (Wildman–Crippen LogP) is 2.50. The number of hydrogen-bond acceptors (Lipinski definition) is 2. The highest BCUT2D eigenvalue weighted by atomic mass is 15.1. The zero-order chi connectivity index (χ0) is 10.7. The van der Waals surface area contributed by atoms with Gasteiger partial charge in [-0.25, -0.2) is 4.98 Å². The van der Waals surface area contributed by atoms with Crippen LogP contribution in [0.25, 0.3) is 0 Å². The van der Waals surface area contributed by atoms with Crippen LogP contribution < -0.4 is 5.32 Å². The standard InChI is InChI=1S/C12H21N3/c1-3-10(4-2)14-9-12-13-7-8-15(12)11-5-6-11/h7-8,10-11,14H,3-6,9H2,1-2H3. The molecule has 3 nitrogen and oxygen atoms in total. The summed E-state index contributed by atoms with van der Waals surface area (Å²) >= 11 is 0. The zero-order valence-electron chi connectivity index (χ0n) is 9.74. The first kappa shape index (κ1) is 10.7. The van der Waals surface area contributed by atoms with Gasteiger partial charge in [0.2, 0.25) is 0 Å². The van der Waals surface area contributed by atoms with E-state index in [2.05, 4.69) is 34.9 Å². The molecule has 1 saturated carbocycles. The van der Waals surface area contributed by atoms with Crippen LogP contribution in [0, 0.1) is 0 Å². The summed E-state index contributed by atoms with van der Waals surface area (Å²) in [5.41, 5.74) is 0. The van der Waals surface area contributed by atoms with Crippen LogP contribution in [0.1, 0.15) is 51.4 Å². The second kappa shape index (κ2) is 4.79. The summed E-state index contributed by atoms with van der Waals surface area (Å²) in [5, 5.41) is 3.56. The third-order valence-electron chi connectivity index (χ3n) is 3.22. The molecule has 1 heterocycles. The molecule has 84 valence electrons. The van der Waals surface area contributed by atoms with Crippen LogP contribution in [0.15, 0.2) is 12.4 Å². The Morgan fingerprint density at radius 1 is 1.47 bits per heavy atom. The average Bonchev–Trinajstić information content (AvgIpc) is 3.00. The fourth-order valence-electron chi connectivity index (χ4n) is 1.98. The molecule has 0 atom stereocenters. The zero-order valence-corrected chi connectivity index (χ0v) is 9.74. The Kier molecular flexibility index (Phi) is 3.41. The highest BCUT2D eigenvalue weighted by molar-refractivity contribution is 4.99. The molecular formula is C12H21N3. The largest absolute Gasteiger partial charge is 0.331 e. The molecule has 1 aliphatic carbocycles. The van der Waals surface area contributed by atoms with Crippen molar-refractivity contribution < 1.29 is 0 Å². The molecule has 2 rings (SSSR count). The van der Waals surface area contributed by atoms with E-state index in [0.717, 1.165) is 12.6 Å². The Morgan fingerprint density at radius 3 is 2.80 bits per heavy atom. The molecule has 1 aliphatic rings. The van der Waals surface area contributed by atoms with E-state index in [0.29, 0.717) is 6.04 Å². The molecule has 3 heteroatoms. The first-order valence-electron chi connectivity index (χ1n) is 6.10. The fourth-order valence-corrected chi connectivity index (χ4v) is 1.98. The summed E-state index contributed by atoms with van der Waals surface area (Å²) in [5.74, 6) is 1.20. The first-order chi connectivity index (χ1) is 7.35. The molecule has 1 N–H and O–H groups in total. The lowest BCUT2D eigenvalue weighted by Crippen LogP contribution is -2.28. The summed E-state index contributed by atoms with van der Waals surface area (Å²) < 4.78 is 2.33. The quantitative estimate of drug-likeness (QED) is 0.776. The number of imidazole rings is 1. The molecule has 0 aliphatic heterocycles. The molecule has 0 aromatic carbocycles. The van der Waals surface area contributed by atoms with E-state index < -0.39 is 0 Å². The second-order valence-electron chi connectivity index (χ2n) is 4.38. The topological polar surface area (TPSA) is 29.9 Å². The number of hydrogen-bond donors (Lipinski definition) is 1. The summed E-state index contributed by atoms with van der Waals surface area (Å²) in [6, 6.07) is 1.38. The maximum Gasteiger partial charge on any atom is 0.122 e. The van der Waals surface area contributed by atoms with Gasteiger partial charge < -0.3 is 9.88 Å². The molecule has 1 aromatic heterocycles. The molecule has 1 aromatic rings. The van der Waals surface area contributed by atoms with Crippen molar-refractivity contribution >= 4 is 0 Å². The van der Waals surface area contributed by atoms with E-state index in [1.807, 2.05) is 6.20 Å². The minimum Gasteiger partial charge on any atom is -0.331 e. The minimum absolute atomic E-state index is 0.634. The lowest BCUT2D eigenvalue weighted by Gasteiger charge is -2.15.